The van der Waals surface area contributed by atoms with Crippen LogP contribution in [0.15, 0.2) is 18.2 Å². The van der Waals surface area contributed by atoms with Crippen LogP contribution in [0.1, 0.15) is 38.8 Å². The van der Waals surface area contributed by atoms with Crippen LogP contribution in [0.2, 0.25) is 0 Å². The first kappa shape index (κ1) is 17.1. The number of halogens is 1. The van der Waals surface area contributed by atoms with Crippen LogP contribution in [0.3, 0.4) is 0 Å². The lowest BCUT2D eigenvalue weighted by molar-refractivity contribution is 0.209. The zero-order valence-corrected chi connectivity index (χ0v) is 13.6. The Morgan fingerprint density at radius 2 is 1.75 bits per heavy atom. The molecule has 0 fully saturated rings. The number of nitrogens with two attached hydrogens (primary N) is 1. The molecule has 0 atom stereocenters. The maximum atomic E-state index is 14.4. The van der Waals surface area contributed by atoms with E-state index in [2.05, 4.69) is 32.6 Å². The van der Waals surface area contributed by atoms with Crippen LogP contribution >= 0.6 is 12.2 Å². The number of hydrogen-bond acceptors (Lipinski definition) is 2. The zero-order valence-electron chi connectivity index (χ0n) is 12.8. The topological polar surface area (TPSA) is 29.3 Å². The third-order valence-corrected chi connectivity index (χ3v) is 3.20. The molecule has 1 aromatic rings. The molecule has 20 heavy (non-hydrogen) atoms. The zero-order chi connectivity index (χ0) is 15.3. The van der Waals surface area contributed by atoms with E-state index in [0.717, 1.165) is 13.1 Å². The molecular formula is C16H25FN2S. The molecule has 0 aliphatic rings. The fourth-order valence-electron chi connectivity index (χ4n) is 2.37. The fraction of sp³-hybridized carbons (Fsp3) is 0.562. The standard InChI is InChI=1S/C16H25FN2S/c1-11(2)8-19(9-12(3)4)10-13-6-5-7-14(15(13)17)16(18)20/h5-7,11-12H,8-10H2,1-4H3,(H2,18,20). The van der Waals surface area contributed by atoms with E-state index < -0.39 is 0 Å². The van der Waals surface area contributed by atoms with Gasteiger partial charge in [-0.25, -0.2) is 4.39 Å². The molecule has 112 valence electrons. The second-order valence-electron chi connectivity index (χ2n) is 6.12. The molecule has 4 heteroatoms. The van der Waals surface area contributed by atoms with Gasteiger partial charge in [-0.3, -0.25) is 4.90 Å². The molecule has 0 unspecified atom stereocenters. The monoisotopic (exact) mass is 296 g/mol. The summed E-state index contributed by atoms with van der Waals surface area (Å²) in [5.41, 5.74) is 6.56. The molecule has 0 amide bonds. The summed E-state index contributed by atoms with van der Waals surface area (Å²) < 4.78 is 14.4. The summed E-state index contributed by atoms with van der Waals surface area (Å²) in [5.74, 6) is 0.823. The van der Waals surface area contributed by atoms with Gasteiger partial charge in [-0.05, 0) is 17.9 Å². The highest BCUT2D eigenvalue weighted by Gasteiger charge is 2.15. The minimum absolute atomic E-state index is 0.114. The molecule has 0 aliphatic heterocycles. The van der Waals surface area contributed by atoms with Gasteiger partial charge >= 0.3 is 0 Å². The summed E-state index contributed by atoms with van der Waals surface area (Å²) in [4.78, 5) is 2.40. The van der Waals surface area contributed by atoms with Crippen LogP contribution in [0.25, 0.3) is 0 Å². The second kappa shape index (κ2) is 7.70. The van der Waals surface area contributed by atoms with Crippen molar-refractivity contribution < 1.29 is 4.39 Å². The van der Waals surface area contributed by atoms with E-state index in [-0.39, 0.29) is 10.8 Å². The summed E-state index contributed by atoms with van der Waals surface area (Å²) in [5, 5.41) is 0. The molecule has 0 radical (unpaired) electrons. The summed E-state index contributed by atoms with van der Waals surface area (Å²) in [7, 11) is 0. The van der Waals surface area contributed by atoms with E-state index in [0.29, 0.717) is 29.5 Å². The molecule has 1 rings (SSSR count). The number of rotatable bonds is 7. The number of nitrogens with zero attached hydrogens (tertiary/aromatic N) is 1. The van der Waals surface area contributed by atoms with Crippen molar-refractivity contribution in [2.24, 2.45) is 17.6 Å². The largest absolute Gasteiger partial charge is 0.389 e. The number of benzene rings is 1. The third kappa shape index (κ3) is 5.17. The minimum atomic E-state index is -0.280. The quantitative estimate of drug-likeness (QED) is 0.780. The Balaban J connectivity index is 2.92. The van der Waals surface area contributed by atoms with Gasteiger partial charge < -0.3 is 5.73 Å². The Kier molecular flexibility index (Phi) is 6.56. The Hall–Kier alpha value is -1.00. The van der Waals surface area contributed by atoms with Crippen LogP contribution in [-0.2, 0) is 6.54 Å². The lowest BCUT2D eigenvalue weighted by Crippen LogP contribution is -2.31. The van der Waals surface area contributed by atoms with E-state index in [4.69, 9.17) is 18.0 Å². The summed E-state index contributed by atoms with van der Waals surface area (Å²) in [6.07, 6.45) is 0. The van der Waals surface area contributed by atoms with E-state index in [1.807, 2.05) is 12.1 Å². The Labute approximate surface area is 127 Å². The van der Waals surface area contributed by atoms with Gasteiger partial charge in [0.15, 0.2) is 0 Å². The maximum absolute atomic E-state index is 14.4. The van der Waals surface area contributed by atoms with Crippen molar-refractivity contribution in [1.82, 2.24) is 4.90 Å². The molecule has 0 aromatic heterocycles. The molecule has 0 saturated carbocycles. The minimum Gasteiger partial charge on any atom is -0.389 e. The van der Waals surface area contributed by atoms with Crippen molar-refractivity contribution >= 4 is 17.2 Å². The summed E-state index contributed by atoms with van der Waals surface area (Å²) in [6.45, 7) is 11.2. The Morgan fingerprint density at radius 3 is 2.20 bits per heavy atom. The van der Waals surface area contributed by atoms with Crippen molar-refractivity contribution in [1.29, 1.82) is 0 Å². The van der Waals surface area contributed by atoms with Crippen molar-refractivity contribution in [3.63, 3.8) is 0 Å². The molecule has 0 aliphatic carbocycles. The van der Waals surface area contributed by atoms with Gasteiger partial charge in [0.25, 0.3) is 0 Å². The Bertz CT molecular complexity index is 448. The molecule has 2 nitrogen and oxygen atoms in total. The van der Waals surface area contributed by atoms with Crippen molar-refractivity contribution in [3.05, 3.63) is 35.1 Å². The summed E-state index contributed by atoms with van der Waals surface area (Å²) >= 11 is 4.89. The molecule has 0 bridgehead atoms. The van der Waals surface area contributed by atoms with E-state index in [1.165, 1.54) is 0 Å². The molecule has 0 heterocycles. The van der Waals surface area contributed by atoms with E-state index in [9.17, 15) is 4.39 Å². The SMILES string of the molecule is CC(C)CN(Cc1cccc(C(N)=S)c1F)CC(C)C. The van der Waals surface area contributed by atoms with Crippen LogP contribution in [-0.4, -0.2) is 23.0 Å². The molecule has 1 aromatic carbocycles. The van der Waals surface area contributed by atoms with Gasteiger partial charge in [0.2, 0.25) is 0 Å². The molecular weight excluding hydrogens is 271 g/mol. The molecule has 0 spiro atoms. The third-order valence-electron chi connectivity index (χ3n) is 2.98. The average molecular weight is 296 g/mol. The highest BCUT2D eigenvalue weighted by molar-refractivity contribution is 7.80. The van der Waals surface area contributed by atoms with Crippen molar-refractivity contribution in [3.8, 4) is 0 Å². The van der Waals surface area contributed by atoms with Gasteiger partial charge in [0.1, 0.15) is 10.8 Å². The lowest BCUT2D eigenvalue weighted by atomic mass is 10.1. The van der Waals surface area contributed by atoms with Crippen LogP contribution in [0.5, 0.6) is 0 Å². The first-order valence-electron chi connectivity index (χ1n) is 7.10. The predicted octanol–water partition coefficient (Wildman–Crippen LogP) is 3.57. The summed E-state index contributed by atoms with van der Waals surface area (Å²) in [6, 6.07) is 5.26. The second-order valence-corrected chi connectivity index (χ2v) is 6.56. The van der Waals surface area contributed by atoms with E-state index >= 15 is 0 Å². The molecule has 2 N–H and O–H groups in total. The normalized spacial score (nSPS) is 11.6. The van der Waals surface area contributed by atoms with Gasteiger partial charge in [-0.1, -0.05) is 52.0 Å². The van der Waals surface area contributed by atoms with E-state index in [1.54, 1.807) is 6.07 Å². The Morgan fingerprint density at radius 1 is 1.20 bits per heavy atom. The molecule has 0 saturated heterocycles. The van der Waals surface area contributed by atoms with Gasteiger partial charge in [-0.2, -0.15) is 0 Å². The average Bonchev–Trinajstić information content (AvgIpc) is 2.29. The van der Waals surface area contributed by atoms with Crippen LogP contribution in [0.4, 0.5) is 4.39 Å². The van der Waals surface area contributed by atoms with Gasteiger partial charge in [0.05, 0.1) is 0 Å². The smallest absolute Gasteiger partial charge is 0.137 e. The maximum Gasteiger partial charge on any atom is 0.137 e. The number of hydrogen-bond donors (Lipinski definition) is 1. The van der Waals surface area contributed by atoms with Crippen LogP contribution < -0.4 is 5.73 Å². The number of thiocarbonyl (C=S) groups is 1. The van der Waals surface area contributed by atoms with Gasteiger partial charge in [-0.15, -0.1) is 0 Å². The fourth-order valence-corrected chi connectivity index (χ4v) is 2.53. The van der Waals surface area contributed by atoms with Gasteiger partial charge in [0, 0.05) is 30.8 Å². The first-order valence-corrected chi connectivity index (χ1v) is 7.51. The predicted molar refractivity (Wildman–Crippen MR) is 87.2 cm³/mol. The van der Waals surface area contributed by atoms with Crippen molar-refractivity contribution in [2.45, 2.75) is 34.2 Å². The lowest BCUT2D eigenvalue weighted by Gasteiger charge is -2.26. The first-order chi connectivity index (χ1) is 9.31. The highest BCUT2D eigenvalue weighted by Crippen LogP contribution is 2.17. The van der Waals surface area contributed by atoms with Crippen LogP contribution in [0, 0.1) is 17.7 Å². The highest BCUT2D eigenvalue weighted by atomic mass is 32.1. The van der Waals surface area contributed by atoms with Crippen molar-refractivity contribution in [2.75, 3.05) is 13.1 Å².